The number of benzene rings is 1. The standard InChI is InChI=1S/C35H62N10O4/c1-4-5-6-7-8-9-10-16-29(46)43-28(15-13-22-41-35(39)40)33(48)45-30(24(2)3)34(49)44-27(14-11-12-21-36)32(47)42-23-25-17-19-26(20-18-25)31(37)38/h17-20,24,27-28,30H,4-16,21-23,36H2,1-3H3,(H3,37,38)(H,42,47)(H,43,46)(H,44,49)(H,45,48)(H4,39,40,41)/t27-,28-,30-/m0/s1. The van der Waals surface area contributed by atoms with Crippen LogP contribution in [0.2, 0.25) is 0 Å². The van der Waals surface area contributed by atoms with Gasteiger partial charge < -0.3 is 44.2 Å². The molecule has 49 heavy (non-hydrogen) atoms. The van der Waals surface area contributed by atoms with Gasteiger partial charge in [-0.3, -0.25) is 29.6 Å². The number of hydrogen-bond donors (Lipinski definition) is 9. The number of guanidine groups is 1. The molecule has 1 aromatic rings. The minimum absolute atomic E-state index is 0.0480. The van der Waals surface area contributed by atoms with Gasteiger partial charge in [0.05, 0.1) is 0 Å². The first-order valence-corrected chi connectivity index (χ1v) is 17.8. The van der Waals surface area contributed by atoms with Gasteiger partial charge in [0.1, 0.15) is 24.0 Å². The van der Waals surface area contributed by atoms with E-state index in [-0.39, 0.29) is 49.0 Å². The van der Waals surface area contributed by atoms with Crippen LogP contribution in [0.3, 0.4) is 0 Å². The molecule has 1 aromatic carbocycles. The summed E-state index contributed by atoms with van der Waals surface area (Å²) in [4.78, 5) is 57.2. The van der Waals surface area contributed by atoms with Crippen LogP contribution in [0.4, 0.5) is 0 Å². The fourth-order valence-corrected chi connectivity index (χ4v) is 5.21. The Hall–Kier alpha value is -4.20. The van der Waals surface area contributed by atoms with E-state index in [9.17, 15) is 19.2 Å². The zero-order valence-electron chi connectivity index (χ0n) is 29.8. The zero-order chi connectivity index (χ0) is 36.6. The maximum absolute atomic E-state index is 13.6. The molecule has 0 heterocycles. The molecule has 0 unspecified atom stereocenters. The Labute approximate surface area is 292 Å². The van der Waals surface area contributed by atoms with Crippen molar-refractivity contribution in [3.05, 3.63) is 35.4 Å². The predicted octanol–water partition coefficient (Wildman–Crippen LogP) is 2.02. The van der Waals surface area contributed by atoms with Crippen LogP contribution in [0.5, 0.6) is 0 Å². The summed E-state index contributed by atoms with van der Waals surface area (Å²) in [7, 11) is 0. The van der Waals surface area contributed by atoms with Crippen molar-refractivity contribution in [1.29, 1.82) is 5.41 Å². The molecule has 0 aliphatic rings. The zero-order valence-corrected chi connectivity index (χ0v) is 29.8. The van der Waals surface area contributed by atoms with Gasteiger partial charge in [-0.25, -0.2) is 0 Å². The van der Waals surface area contributed by atoms with Crippen LogP contribution >= 0.6 is 0 Å². The lowest BCUT2D eigenvalue weighted by atomic mass is 10.0. The monoisotopic (exact) mass is 686 g/mol. The SMILES string of the molecule is CCCCCCCCCC(=O)N[C@@H](CCCN=C(N)N)C(=O)N[C@H](C(=O)N[C@@H](CCCCN)C(=O)NCc1ccc(C(=N)N)cc1)C(C)C. The molecule has 0 saturated heterocycles. The molecular formula is C35H62N10O4. The van der Waals surface area contributed by atoms with Crippen molar-refractivity contribution in [3.63, 3.8) is 0 Å². The quantitative estimate of drug-likeness (QED) is 0.0395. The lowest BCUT2D eigenvalue weighted by Crippen LogP contribution is -2.58. The molecular weight excluding hydrogens is 624 g/mol. The minimum Gasteiger partial charge on any atom is -0.384 e. The van der Waals surface area contributed by atoms with Crippen LogP contribution in [0.15, 0.2) is 29.3 Å². The number of hydrogen-bond acceptors (Lipinski definition) is 7. The first kappa shape index (κ1) is 42.8. The molecule has 14 nitrogen and oxygen atoms in total. The first-order chi connectivity index (χ1) is 23.4. The third-order valence-electron chi connectivity index (χ3n) is 8.16. The van der Waals surface area contributed by atoms with Crippen molar-refractivity contribution in [2.45, 2.75) is 129 Å². The Bertz CT molecular complexity index is 1190. The number of nitrogens with one attached hydrogen (secondary N) is 5. The van der Waals surface area contributed by atoms with E-state index >= 15 is 0 Å². The summed E-state index contributed by atoms with van der Waals surface area (Å²) < 4.78 is 0. The van der Waals surface area contributed by atoms with Gasteiger partial charge in [0.2, 0.25) is 23.6 Å². The van der Waals surface area contributed by atoms with E-state index < -0.39 is 29.9 Å². The second kappa shape index (κ2) is 24.9. The third kappa shape index (κ3) is 18.8. The average Bonchev–Trinajstić information content (AvgIpc) is 3.06. The summed E-state index contributed by atoms with van der Waals surface area (Å²) in [6, 6.07) is 4.23. The van der Waals surface area contributed by atoms with E-state index in [0.29, 0.717) is 44.2 Å². The first-order valence-electron chi connectivity index (χ1n) is 17.8. The number of nitrogens with zero attached hydrogens (tertiary/aromatic N) is 1. The molecule has 276 valence electrons. The molecule has 0 fully saturated rings. The molecule has 1 rings (SSSR count). The molecule has 0 radical (unpaired) electrons. The number of unbranched alkanes of at least 4 members (excludes halogenated alkanes) is 7. The Balaban J connectivity index is 2.94. The van der Waals surface area contributed by atoms with E-state index in [2.05, 4.69) is 33.2 Å². The number of nitrogen functional groups attached to an aromatic ring is 1. The highest BCUT2D eigenvalue weighted by molar-refractivity contribution is 5.95. The van der Waals surface area contributed by atoms with Crippen LogP contribution in [0, 0.1) is 11.3 Å². The van der Waals surface area contributed by atoms with Crippen LogP contribution < -0.4 is 44.2 Å². The second-order valence-corrected chi connectivity index (χ2v) is 12.8. The summed E-state index contributed by atoms with van der Waals surface area (Å²) in [6.45, 7) is 6.72. The summed E-state index contributed by atoms with van der Waals surface area (Å²) in [6.07, 6.45) is 10.2. The molecule has 0 spiro atoms. The number of amides is 4. The Morgan fingerprint density at radius 3 is 1.96 bits per heavy atom. The van der Waals surface area contributed by atoms with Crippen molar-refractivity contribution in [3.8, 4) is 0 Å². The predicted molar refractivity (Wildman–Crippen MR) is 195 cm³/mol. The van der Waals surface area contributed by atoms with Gasteiger partial charge in [0, 0.05) is 25.1 Å². The number of carbonyl (C=O) groups excluding carboxylic acids is 4. The third-order valence-corrected chi connectivity index (χ3v) is 8.16. The van der Waals surface area contributed by atoms with E-state index in [4.69, 9.17) is 28.3 Å². The van der Waals surface area contributed by atoms with E-state index in [1.54, 1.807) is 38.1 Å². The Morgan fingerprint density at radius 2 is 1.37 bits per heavy atom. The van der Waals surface area contributed by atoms with Crippen LogP contribution in [0.25, 0.3) is 0 Å². The van der Waals surface area contributed by atoms with Gasteiger partial charge in [0.25, 0.3) is 0 Å². The lowest BCUT2D eigenvalue weighted by Gasteiger charge is -2.27. The van der Waals surface area contributed by atoms with E-state index in [1.807, 2.05) is 0 Å². The Kier molecular flexibility index (Phi) is 21.7. The largest absolute Gasteiger partial charge is 0.384 e. The number of carbonyl (C=O) groups is 4. The highest BCUT2D eigenvalue weighted by Gasteiger charge is 2.31. The van der Waals surface area contributed by atoms with Crippen LogP contribution in [-0.2, 0) is 25.7 Å². The summed E-state index contributed by atoms with van der Waals surface area (Å²) in [5.41, 5.74) is 23.5. The van der Waals surface area contributed by atoms with E-state index in [0.717, 1.165) is 31.2 Å². The molecule has 0 aromatic heterocycles. The molecule has 0 aliphatic carbocycles. The molecule has 0 bridgehead atoms. The number of amidine groups is 1. The van der Waals surface area contributed by atoms with Crippen LogP contribution in [0.1, 0.15) is 115 Å². The van der Waals surface area contributed by atoms with Gasteiger partial charge in [0.15, 0.2) is 5.96 Å². The van der Waals surface area contributed by atoms with Gasteiger partial charge >= 0.3 is 0 Å². The molecule has 3 atom stereocenters. The number of nitrogens with two attached hydrogens (primary N) is 4. The van der Waals surface area contributed by atoms with Gasteiger partial charge in [-0.05, 0) is 56.6 Å². The number of aliphatic imine (C=N–C) groups is 1. The van der Waals surface area contributed by atoms with Gasteiger partial charge in [-0.1, -0.05) is 83.6 Å². The van der Waals surface area contributed by atoms with Crippen molar-refractivity contribution in [2.75, 3.05) is 13.1 Å². The molecule has 0 aliphatic heterocycles. The van der Waals surface area contributed by atoms with E-state index in [1.165, 1.54) is 19.3 Å². The molecule has 4 amide bonds. The maximum Gasteiger partial charge on any atom is 0.243 e. The molecule has 14 heteroatoms. The summed E-state index contributed by atoms with van der Waals surface area (Å²) in [5.74, 6) is -2.02. The van der Waals surface area contributed by atoms with Crippen molar-refractivity contribution in [2.24, 2.45) is 33.8 Å². The minimum atomic E-state index is -0.961. The van der Waals surface area contributed by atoms with Crippen molar-refractivity contribution >= 4 is 35.4 Å². The second-order valence-electron chi connectivity index (χ2n) is 12.8. The summed E-state index contributed by atoms with van der Waals surface area (Å²) >= 11 is 0. The van der Waals surface area contributed by atoms with Crippen molar-refractivity contribution in [1.82, 2.24) is 21.3 Å². The maximum atomic E-state index is 13.6. The average molecular weight is 687 g/mol. The van der Waals surface area contributed by atoms with Gasteiger partial charge in [-0.15, -0.1) is 0 Å². The topological polar surface area (TPSA) is 257 Å². The van der Waals surface area contributed by atoms with Crippen molar-refractivity contribution < 1.29 is 19.2 Å². The van der Waals surface area contributed by atoms with Crippen LogP contribution in [-0.4, -0.2) is 66.6 Å². The fourth-order valence-electron chi connectivity index (χ4n) is 5.21. The molecule has 0 saturated carbocycles. The number of rotatable bonds is 26. The Morgan fingerprint density at radius 1 is 0.755 bits per heavy atom. The van der Waals surface area contributed by atoms with Gasteiger partial charge in [-0.2, -0.15) is 0 Å². The highest BCUT2D eigenvalue weighted by atomic mass is 16.2. The highest BCUT2D eigenvalue weighted by Crippen LogP contribution is 2.11. The molecule has 13 N–H and O–H groups in total. The summed E-state index contributed by atoms with van der Waals surface area (Å²) in [5, 5.41) is 18.9. The smallest absolute Gasteiger partial charge is 0.243 e. The lowest BCUT2D eigenvalue weighted by molar-refractivity contribution is -0.134. The fraction of sp³-hybridized carbons (Fsp3) is 0.657. The normalized spacial score (nSPS) is 12.8.